The second-order valence-corrected chi connectivity index (χ2v) is 4.78. The van der Waals surface area contributed by atoms with E-state index in [1.54, 1.807) is 16.9 Å². The molecule has 1 aromatic heterocycles. The normalized spacial score (nSPS) is 12.4. The van der Waals surface area contributed by atoms with Gasteiger partial charge in [0.05, 0.1) is 13.3 Å². The molecule has 20 heavy (non-hydrogen) atoms. The summed E-state index contributed by atoms with van der Waals surface area (Å²) in [4.78, 5) is 0. The van der Waals surface area contributed by atoms with Crippen molar-refractivity contribution in [2.45, 2.75) is 26.0 Å². The first-order valence-electron chi connectivity index (χ1n) is 6.28. The molecule has 0 aliphatic heterocycles. The van der Waals surface area contributed by atoms with E-state index in [-0.39, 0.29) is 6.42 Å². The van der Waals surface area contributed by atoms with E-state index in [0.717, 1.165) is 0 Å². The molecular weight excluding hydrogens is 283 g/mol. The van der Waals surface area contributed by atoms with E-state index in [2.05, 4.69) is 5.10 Å². The van der Waals surface area contributed by atoms with Gasteiger partial charge in [-0.1, -0.05) is 17.7 Å². The first-order valence-corrected chi connectivity index (χ1v) is 6.66. The first-order chi connectivity index (χ1) is 9.56. The Morgan fingerprint density at radius 3 is 2.85 bits per heavy atom. The second kappa shape index (κ2) is 6.24. The van der Waals surface area contributed by atoms with Crippen LogP contribution in [0.5, 0.6) is 5.75 Å². The summed E-state index contributed by atoms with van der Waals surface area (Å²) >= 11 is 5.98. The average Bonchev–Trinajstić information content (AvgIpc) is 2.84. The van der Waals surface area contributed by atoms with Gasteiger partial charge in [-0.2, -0.15) is 5.10 Å². The lowest BCUT2D eigenvalue weighted by molar-refractivity contribution is 0.162. The maximum absolute atomic E-state index is 13.0. The topological polar surface area (TPSA) is 47.3 Å². The van der Waals surface area contributed by atoms with Gasteiger partial charge in [-0.15, -0.1) is 0 Å². The van der Waals surface area contributed by atoms with Gasteiger partial charge in [0, 0.05) is 18.0 Å². The summed E-state index contributed by atoms with van der Waals surface area (Å²) in [6, 6.07) is 4.13. The van der Waals surface area contributed by atoms with Crippen LogP contribution in [0.3, 0.4) is 0 Å². The minimum atomic E-state index is -0.824. The molecule has 0 saturated carbocycles. The quantitative estimate of drug-likeness (QED) is 0.923. The molecule has 1 unspecified atom stereocenters. The summed E-state index contributed by atoms with van der Waals surface area (Å²) in [5, 5.41) is 14.8. The van der Waals surface area contributed by atoms with Gasteiger partial charge in [-0.25, -0.2) is 4.39 Å². The Morgan fingerprint density at radius 1 is 1.50 bits per heavy atom. The van der Waals surface area contributed by atoms with Crippen LogP contribution in [0.15, 0.2) is 24.4 Å². The molecule has 4 nitrogen and oxygen atoms in total. The van der Waals surface area contributed by atoms with E-state index in [1.807, 2.05) is 6.92 Å². The molecule has 0 bridgehead atoms. The molecule has 1 aromatic carbocycles. The van der Waals surface area contributed by atoms with Crippen molar-refractivity contribution >= 4 is 11.6 Å². The minimum Gasteiger partial charge on any atom is -0.493 e. The summed E-state index contributed by atoms with van der Waals surface area (Å²) in [6.07, 6.45) is 1.01. The number of ether oxygens (including phenoxy) is 1. The Morgan fingerprint density at radius 2 is 2.25 bits per heavy atom. The van der Waals surface area contributed by atoms with Crippen molar-refractivity contribution in [1.82, 2.24) is 9.78 Å². The molecule has 108 valence electrons. The van der Waals surface area contributed by atoms with Gasteiger partial charge in [-0.3, -0.25) is 4.68 Å². The third kappa shape index (κ3) is 2.94. The highest BCUT2D eigenvalue weighted by molar-refractivity contribution is 6.31. The number of benzene rings is 1. The number of methoxy groups -OCH3 is 1. The molecule has 1 heterocycles. The van der Waals surface area contributed by atoms with Crippen LogP contribution >= 0.6 is 11.6 Å². The maximum Gasteiger partial charge on any atom is 0.162 e. The van der Waals surface area contributed by atoms with Crippen molar-refractivity contribution in [3.63, 3.8) is 0 Å². The highest BCUT2D eigenvalue weighted by Crippen LogP contribution is 2.29. The molecule has 0 amide bonds. The zero-order valence-corrected chi connectivity index (χ0v) is 12.1. The van der Waals surface area contributed by atoms with Gasteiger partial charge in [0.1, 0.15) is 17.6 Å². The number of halogens is 2. The highest BCUT2D eigenvalue weighted by atomic mass is 35.5. The second-order valence-electron chi connectivity index (χ2n) is 4.37. The first kappa shape index (κ1) is 14.8. The maximum atomic E-state index is 13.0. The lowest BCUT2D eigenvalue weighted by Gasteiger charge is -2.15. The van der Waals surface area contributed by atoms with Crippen LogP contribution in [0.2, 0.25) is 5.02 Å². The predicted octanol–water partition coefficient (Wildman–Crippen LogP) is 2.98. The molecule has 0 fully saturated rings. The standard InChI is InChI=1S/C14H16ClFN2O2/c1-3-18-14(13(20-2)8-17-18)12(19)6-9-4-5-10(16)7-11(9)15/h4-5,7-8,12,19H,3,6H2,1-2H3. The summed E-state index contributed by atoms with van der Waals surface area (Å²) in [5.74, 6) is 0.127. The fourth-order valence-electron chi connectivity index (χ4n) is 2.12. The molecule has 2 rings (SSSR count). The van der Waals surface area contributed by atoms with Gasteiger partial charge >= 0.3 is 0 Å². The van der Waals surface area contributed by atoms with Crippen LogP contribution in [0.25, 0.3) is 0 Å². The van der Waals surface area contributed by atoms with Crippen molar-refractivity contribution < 1.29 is 14.2 Å². The number of aliphatic hydroxyl groups is 1. The lowest BCUT2D eigenvalue weighted by atomic mass is 10.0. The zero-order valence-electron chi connectivity index (χ0n) is 11.3. The Labute approximate surface area is 121 Å². The number of aromatic nitrogens is 2. The molecule has 1 atom stereocenters. The molecule has 0 spiro atoms. The van der Waals surface area contributed by atoms with Crippen LogP contribution < -0.4 is 4.74 Å². The number of aryl methyl sites for hydroxylation is 1. The number of hydrogen-bond donors (Lipinski definition) is 1. The number of rotatable bonds is 5. The third-order valence-electron chi connectivity index (χ3n) is 3.11. The van der Waals surface area contributed by atoms with Gasteiger partial charge < -0.3 is 9.84 Å². The van der Waals surface area contributed by atoms with Crippen LogP contribution in [0.4, 0.5) is 4.39 Å². The van der Waals surface area contributed by atoms with E-state index in [1.165, 1.54) is 19.2 Å². The average molecular weight is 299 g/mol. The van der Waals surface area contributed by atoms with E-state index in [0.29, 0.717) is 28.6 Å². The zero-order chi connectivity index (χ0) is 14.7. The predicted molar refractivity (Wildman–Crippen MR) is 74.5 cm³/mol. The Hall–Kier alpha value is -1.59. The van der Waals surface area contributed by atoms with Crippen molar-refractivity contribution in [3.05, 3.63) is 46.5 Å². The van der Waals surface area contributed by atoms with E-state index in [4.69, 9.17) is 16.3 Å². The van der Waals surface area contributed by atoms with Crippen LogP contribution in [-0.4, -0.2) is 22.0 Å². The monoisotopic (exact) mass is 298 g/mol. The Balaban J connectivity index is 2.27. The van der Waals surface area contributed by atoms with Crippen molar-refractivity contribution in [2.24, 2.45) is 0 Å². The molecule has 0 aliphatic rings. The van der Waals surface area contributed by atoms with Gasteiger partial charge in [0.2, 0.25) is 0 Å². The minimum absolute atomic E-state index is 0.265. The Bertz CT molecular complexity index is 579. The van der Waals surface area contributed by atoms with Crippen molar-refractivity contribution in [1.29, 1.82) is 0 Å². The largest absolute Gasteiger partial charge is 0.493 e. The summed E-state index contributed by atoms with van der Waals surface area (Å²) in [6.45, 7) is 2.54. The van der Waals surface area contributed by atoms with Gasteiger partial charge in [0.15, 0.2) is 5.75 Å². The molecule has 2 aromatic rings. The van der Waals surface area contributed by atoms with Crippen LogP contribution in [0.1, 0.15) is 24.3 Å². The van der Waals surface area contributed by atoms with E-state index >= 15 is 0 Å². The molecule has 0 aliphatic carbocycles. The van der Waals surface area contributed by atoms with Crippen LogP contribution in [0, 0.1) is 5.82 Å². The fraction of sp³-hybridized carbons (Fsp3) is 0.357. The van der Waals surface area contributed by atoms with Crippen molar-refractivity contribution in [3.8, 4) is 5.75 Å². The number of hydrogen-bond acceptors (Lipinski definition) is 3. The number of nitrogens with zero attached hydrogens (tertiary/aromatic N) is 2. The highest BCUT2D eigenvalue weighted by Gasteiger charge is 2.20. The Kier molecular flexibility index (Phi) is 4.62. The third-order valence-corrected chi connectivity index (χ3v) is 3.46. The molecule has 1 N–H and O–H groups in total. The molecule has 0 saturated heterocycles. The molecule has 0 radical (unpaired) electrons. The molecular formula is C14H16ClFN2O2. The smallest absolute Gasteiger partial charge is 0.162 e. The lowest BCUT2D eigenvalue weighted by Crippen LogP contribution is -2.11. The van der Waals surface area contributed by atoms with Crippen molar-refractivity contribution in [2.75, 3.05) is 7.11 Å². The molecule has 6 heteroatoms. The SMILES string of the molecule is CCn1ncc(OC)c1C(O)Cc1ccc(F)cc1Cl. The van der Waals surface area contributed by atoms with E-state index < -0.39 is 11.9 Å². The summed E-state index contributed by atoms with van der Waals surface area (Å²) in [7, 11) is 1.53. The van der Waals surface area contributed by atoms with Crippen LogP contribution in [-0.2, 0) is 13.0 Å². The van der Waals surface area contributed by atoms with E-state index in [9.17, 15) is 9.50 Å². The summed E-state index contributed by atoms with van der Waals surface area (Å²) < 4.78 is 19.9. The fourth-order valence-corrected chi connectivity index (χ4v) is 2.36. The summed E-state index contributed by atoms with van der Waals surface area (Å²) in [5.41, 5.74) is 1.27. The van der Waals surface area contributed by atoms with Gasteiger partial charge in [0.25, 0.3) is 0 Å². The number of aliphatic hydroxyl groups excluding tert-OH is 1. The van der Waals surface area contributed by atoms with Gasteiger partial charge in [-0.05, 0) is 24.6 Å².